The summed E-state index contributed by atoms with van der Waals surface area (Å²) in [6.45, 7) is 2.95. The third kappa shape index (κ3) is 8.10. The van der Waals surface area contributed by atoms with Crippen molar-refractivity contribution in [1.82, 2.24) is 14.9 Å². The molecule has 1 amide bonds. The number of methoxy groups -OCH3 is 1. The van der Waals surface area contributed by atoms with Crippen LogP contribution in [0.1, 0.15) is 28.1 Å². The number of aliphatic carboxylic acids is 1. The molecule has 0 bridgehead atoms. The fraction of sp³-hybridized carbons (Fsp3) is 0.440. The number of carbonyl (C=O) groups is 2. The molecule has 0 aromatic carbocycles. The molecular weight excluding hydrogens is 585 g/mol. The van der Waals surface area contributed by atoms with Gasteiger partial charge in [0.05, 0.1) is 38.9 Å². The van der Waals surface area contributed by atoms with Crippen LogP contribution in [0.4, 0.5) is 10.9 Å². The van der Waals surface area contributed by atoms with Crippen LogP contribution in [-0.4, -0.2) is 85.0 Å². The van der Waals surface area contributed by atoms with Crippen LogP contribution < -0.4 is 10.2 Å². The van der Waals surface area contributed by atoms with Crippen LogP contribution in [0.3, 0.4) is 0 Å². The monoisotopic (exact) mass is 613 g/mol. The Bertz CT molecular complexity index is 1300. The van der Waals surface area contributed by atoms with E-state index >= 15 is 0 Å². The summed E-state index contributed by atoms with van der Waals surface area (Å²) < 4.78 is 10.6. The topological polar surface area (TPSA) is 117 Å². The number of hydrogen-bond donors (Lipinski definition) is 2. The SMILES string of the molecule is COCCN(C)Cc1sc(NC(=O)c2cnc(N3CCC(OCC(=O)O)CC3)c(Cl)c2)nc1-c1cc(Cl)cs1. The van der Waals surface area contributed by atoms with Gasteiger partial charge < -0.3 is 19.5 Å². The van der Waals surface area contributed by atoms with Crippen LogP contribution in [0.5, 0.6) is 0 Å². The summed E-state index contributed by atoms with van der Waals surface area (Å²) in [6, 6.07) is 3.47. The summed E-state index contributed by atoms with van der Waals surface area (Å²) in [6.07, 6.45) is 2.71. The zero-order valence-corrected chi connectivity index (χ0v) is 24.6. The number of aromatic nitrogens is 2. The summed E-state index contributed by atoms with van der Waals surface area (Å²) >= 11 is 15.6. The second kappa shape index (κ2) is 13.8. The van der Waals surface area contributed by atoms with Crippen LogP contribution in [0, 0.1) is 0 Å². The lowest BCUT2D eigenvalue weighted by atomic mass is 10.1. The van der Waals surface area contributed by atoms with Gasteiger partial charge in [-0.3, -0.25) is 15.0 Å². The van der Waals surface area contributed by atoms with Crippen molar-refractivity contribution in [1.29, 1.82) is 0 Å². The standard InChI is InChI=1S/C25H29Cl2N5O5S2/c1-31(7-8-36-2)12-20-22(19-10-16(26)14-38-19)29-25(39-20)30-24(35)15-9-18(27)23(28-11-15)32-5-3-17(4-6-32)37-13-21(33)34/h9-11,14,17H,3-8,12-13H2,1-2H3,(H,33,34)(H,29,30,35). The Morgan fingerprint density at radius 3 is 2.69 bits per heavy atom. The first-order chi connectivity index (χ1) is 18.7. The highest BCUT2D eigenvalue weighted by atomic mass is 35.5. The molecule has 1 aliphatic rings. The van der Waals surface area contributed by atoms with Crippen molar-refractivity contribution in [2.24, 2.45) is 0 Å². The van der Waals surface area contributed by atoms with E-state index in [0.29, 0.717) is 65.6 Å². The zero-order valence-electron chi connectivity index (χ0n) is 21.5. The van der Waals surface area contributed by atoms with Gasteiger partial charge >= 0.3 is 5.97 Å². The fourth-order valence-corrected chi connectivity index (χ4v) is 6.59. The number of thiazole rings is 1. The molecule has 2 N–H and O–H groups in total. The number of ether oxygens (including phenoxy) is 2. The summed E-state index contributed by atoms with van der Waals surface area (Å²) in [7, 11) is 3.67. The van der Waals surface area contributed by atoms with Crippen molar-refractivity contribution in [3.05, 3.63) is 44.2 Å². The molecule has 0 aliphatic carbocycles. The van der Waals surface area contributed by atoms with Crippen LogP contribution in [0.25, 0.3) is 10.6 Å². The molecule has 0 atom stereocenters. The Labute approximate surface area is 244 Å². The van der Waals surface area contributed by atoms with Crippen LogP contribution in [-0.2, 0) is 20.8 Å². The smallest absolute Gasteiger partial charge is 0.329 e. The molecule has 10 nitrogen and oxygen atoms in total. The molecule has 0 saturated carbocycles. The van der Waals surface area contributed by atoms with E-state index in [1.807, 2.05) is 23.4 Å². The molecule has 0 radical (unpaired) electrons. The lowest BCUT2D eigenvalue weighted by molar-refractivity contribution is -0.144. The number of carboxylic acid groups (broad SMARTS) is 1. The zero-order chi connectivity index (χ0) is 27.9. The van der Waals surface area contributed by atoms with Gasteiger partial charge in [-0.1, -0.05) is 34.5 Å². The fourth-order valence-electron chi connectivity index (χ4n) is 4.09. The van der Waals surface area contributed by atoms with E-state index in [-0.39, 0.29) is 18.6 Å². The second-order valence-electron chi connectivity index (χ2n) is 9.03. The molecule has 1 fully saturated rings. The van der Waals surface area contributed by atoms with Gasteiger partial charge in [0.15, 0.2) is 5.13 Å². The largest absolute Gasteiger partial charge is 0.480 e. The first kappa shape index (κ1) is 29.7. The molecule has 39 heavy (non-hydrogen) atoms. The van der Waals surface area contributed by atoms with E-state index in [9.17, 15) is 9.59 Å². The molecule has 1 saturated heterocycles. The Balaban J connectivity index is 1.43. The van der Waals surface area contributed by atoms with Crippen molar-refractivity contribution in [2.75, 3.05) is 57.2 Å². The molecule has 0 unspecified atom stereocenters. The van der Waals surface area contributed by atoms with Gasteiger partial charge in [-0.2, -0.15) is 0 Å². The maximum absolute atomic E-state index is 13.1. The average molecular weight is 615 g/mol. The highest BCUT2D eigenvalue weighted by Gasteiger charge is 2.24. The number of piperidine rings is 1. The van der Waals surface area contributed by atoms with Crippen molar-refractivity contribution >= 4 is 68.7 Å². The highest BCUT2D eigenvalue weighted by molar-refractivity contribution is 7.17. The van der Waals surface area contributed by atoms with Crippen molar-refractivity contribution in [3.8, 4) is 10.6 Å². The maximum atomic E-state index is 13.1. The number of rotatable bonds is 12. The van der Waals surface area contributed by atoms with Gasteiger partial charge in [-0.25, -0.2) is 14.8 Å². The van der Waals surface area contributed by atoms with Crippen molar-refractivity contribution in [2.45, 2.75) is 25.5 Å². The van der Waals surface area contributed by atoms with Gasteiger partial charge in [0.2, 0.25) is 0 Å². The molecule has 0 spiro atoms. The molecule has 3 aromatic rings. The average Bonchev–Trinajstić information content (AvgIpc) is 3.51. The molecule has 14 heteroatoms. The highest BCUT2D eigenvalue weighted by Crippen LogP contribution is 2.37. The van der Waals surface area contributed by atoms with Gasteiger partial charge in [0, 0.05) is 49.7 Å². The minimum absolute atomic E-state index is 0.112. The minimum Gasteiger partial charge on any atom is -0.480 e. The summed E-state index contributed by atoms with van der Waals surface area (Å²) in [4.78, 5) is 39.0. The number of halogens is 2. The van der Waals surface area contributed by atoms with Crippen LogP contribution >= 0.6 is 45.9 Å². The summed E-state index contributed by atoms with van der Waals surface area (Å²) in [5, 5.41) is 15.0. The van der Waals surface area contributed by atoms with E-state index in [4.69, 9.17) is 42.8 Å². The Morgan fingerprint density at radius 2 is 2.05 bits per heavy atom. The van der Waals surface area contributed by atoms with Gasteiger partial charge in [0.25, 0.3) is 5.91 Å². The Kier molecular flexibility index (Phi) is 10.5. The molecular formula is C25H29Cl2N5O5S2. The quantitative estimate of drug-likeness (QED) is 0.292. The number of pyridine rings is 1. The number of likely N-dealkylation sites (N-methyl/N-ethyl adjacent to an activating group) is 1. The molecule has 210 valence electrons. The van der Waals surface area contributed by atoms with E-state index < -0.39 is 5.97 Å². The number of carboxylic acids is 1. The van der Waals surface area contributed by atoms with E-state index in [0.717, 1.165) is 22.0 Å². The number of anilines is 2. The minimum atomic E-state index is -0.980. The van der Waals surface area contributed by atoms with Crippen molar-refractivity contribution in [3.63, 3.8) is 0 Å². The Morgan fingerprint density at radius 1 is 1.28 bits per heavy atom. The number of thiophene rings is 1. The maximum Gasteiger partial charge on any atom is 0.329 e. The third-order valence-electron chi connectivity index (χ3n) is 6.08. The van der Waals surface area contributed by atoms with E-state index in [2.05, 4.69) is 15.2 Å². The van der Waals surface area contributed by atoms with Gasteiger partial charge in [-0.15, -0.1) is 11.3 Å². The van der Waals surface area contributed by atoms with Gasteiger partial charge in [0.1, 0.15) is 12.4 Å². The van der Waals surface area contributed by atoms with Gasteiger partial charge in [-0.05, 0) is 32.0 Å². The second-order valence-corrected chi connectivity index (χ2v) is 11.9. The predicted molar refractivity (Wildman–Crippen MR) is 155 cm³/mol. The molecule has 4 rings (SSSR count). The van der Waals surface area contributed by atoms with Crippen LogP contribution in [0.15, 0.2) is 23.7 Å². The Hall–Kier alpha value is -2.32. The van der Waals surface area contributed by atoms with Crippen molar-refractivity contribution < 1.29 is 24.2 Å². The number of nitrogens with zero attached hydrogens (tertiary/aromatic N) is 4. The van der Waals surface area contributed by atoms with Crippen LogP contribution in [0.2, 0.25) is 10.0 Å². The first-order valence-electron chi connectivity index (χ1n) is 12.2. The lowest BCUT2D eigenvalue weighted by Gasteiger charge is -2.32. The summed E-state index contributed by atoms with van der Waals surface area (Å²) in [5.41, 5.74) is 1.11. The number of carbonyl (C=O) groups excluding carboxylic acids is 1. The number of nitrogens with one attached hydrogen (secondary N) is 1. The first-order valence-corrected chi connectivity index (χ1v) is 14.7. The number of hydrogen-bond acceptors (Lipinski definition) is 10. The lowest BCUT2D eigenvalue weighted by Crippen LogP contribution is -2.38. The summed E-state index contributed by atoms with van der Waals surface area (Å²) in [5.74, 6) is -0.760. The van der Waals surface area contributed by atoms with E-state index in [1.54, 1.807) is 13.2 Å². The number of amides is 1. The predicted octanol–water partition coefficient (Wildman–Crippen LogP) is 4.97. The molecule has 3 aromatic heterocycles. The third-order valence-corrected chi connectivity index (χ3v) is 8.60. The molecule has 1 aliphatic heterocycles. The molecule has 4 heterocycles. The van der Waals surface area contributed by atoms with E-state index in [1.165, 1.54) is 28.9 Å². The normalized spacial score (nSPS) is 14.2.